The maximum Gasteiger partial charge on any atom is 0.242 e. The fourth-order valence-corrected chi connectivity index (χ4v) is 3.59. The number of hydrogen-bond acceptors (Lipinski definition) is 2. The molecule has 0 saturated heterocycles. The summed E-state index contributed by atoms with van der Waals surface area (Å²) in [5, 5.41) is 0.395. The average molecular weight is 348 g/mol. The van der Waals surface area contributed by atoms with Crippen molar-refractivity contribution in [1.29, 1.82) is 0 Å². The Balaban J connectivity index is 2.07. The molecule has 0 aromatic heterocycles. The van der Waals surface area contributed by atoms with Gasteiger partial charge in [-0.15, -0.1) is 0 Å². The van der Waals surface area contributed by atoms with Gasteiger partial charge in [-0.05, 0) is 36.2 Å². The molecule has 0 bridgehead atoms. The highest BCUT2D eigenvalue weighted by Gasteiger charge is 2.17. The minimum atomic E-state index is -3.75. The lowest BCUT2D eigenvalue weighted by Crippen LogP contribution is -2.26. The van der Waals surface area contributed by atoms with E-state index in [0.717, 1.165) is 0 Å². The highest BCUT2D eigenvalue weighted by Crippen LogP contribution is 2.24. The van der Waals surface area contributed by atoms with Gasteiger partial charge in [0.2, 0.25) is 10.0 Å². The predicted molar refractivity (Wildman–Crippen MR) is 81.8 cm³/mol. The minimum Gasteiger partial charge on any atom is -0.211 e. The largest absolute Gasteiger partial charge is 0.242 e. The van der Waals surface area contributed by atoms with E-state index in [1.165, 1.54) is 24.3 Å². The molecule has 0 spiro atoms. The normalized spacial score (nSPS) is 11.6. The van der Waals surface area contributed by atoms with Crippen molar-refractivity contribution in [3.05, 3.63) is 63.9 Å². The van der Waals surface area contributed by atoms with Crippen molar-refractivity contribution in [2.24, 2.45) is 0 Å². The van der Waals surface area contributed by atoms with E-state index in [-0.39, 0.29) is 28.7 Å². The Morgan fingerprint density at radius 2 is 1.81 bits per heavy atom. The first-order chi connectivity index (χ1) is 9.90. The second kappa shape index (κ2) is 6.75. The van der Waals surface area contributed by atoms with Crippen LogP contribution in [0.15, 0.2) is 47.4 Å². The second-order valence-corrected chi connectivity index (χ2v) is 6.89. The Kier molecular flexibility index (Phi) is 5.22. The maximum absolute atomic E-state index is 13.4. The van der Waals surface area contributed by atoms with E-state index in [9.17, 15) is 12.8 Å². The van der Waals surface area contributed by atoms with Crippen molar-refractivity contribution < 1.29 is 12.8 Å². The molecule has 0 radical (unpaired) electrons. The minimum absolute atomic E-state index is 0.0425. The van der Waals surface area contributed by atoms with Gasteiger partial charge in [-0.3, -0.25) is 0 Å². The Hall–Kier alpha value is -1.14. The summed E-state index contributed by atoms with van der Waals surface area (Å²) in [6.07, 6.45) is 0.247. The van der Waals surface area contributed by atoms with Gasteiger partial charge in [0, 0.05) is 11.6 Å². The molecule has 21 heavy (non-hydrogen) atoms. The summed E-state index contributed by atoms with van der Waals surface area (Å²) < 4.78 is 40.0. The van der Waals surface area contributed by atoms with Crippen LogP contribution in [0.4, 0.5) is 4.39 Å². The Labute approximate surface area is 132 Å². The lowest BCUT2D eigenvalue weighted by Gasteiger charge is -2.09. The standard InChI is InChI=1S/C14H12Cl2FNO2S/c15-11-5-6-14(12(16)9-11)21(19,20)18-8-7-10-3-1-2-4-13(10)17/h1-6,9,18H,7-8H2. The fourth-order valence-electron chi connectivity index (χ4n) is 1.79. The molecule has 0 unspecified atom stereocenters. The van der Waals surface area contributed by atoms with Gasteiger partial charge in [-0.1, -0.05) is 41.4 Å². The van der Waals surface area contributed by atoms with E-state index in [2.05, 4.69) is 4.72 Å². The zero-order valence-electron chi connectivity index (χ0n) is 10.8. The third kappa shape index (κ3) is 4.17. The van der Waals surface area contributed by atoms with Crippen LogP contribution in [-0.4, -0.2) is 15.0 Å². The van der Waals surface area contributed by atoms with Crippen molar-refractivity contribution in [2.45, 2.75) is 11.3 Å². The molecule has 0 aliphatic rings. The molecule has 0 aliphatic heterocycles. The molecule has 2 aromatic rings. The molecule has 2 rings (SSSR count). The highest BCUT2D eigenvalue weighted by atomic mass is 35.5. The van der Waals surface area contributed by atoms with Gasteiger partial charge in [0.05, 0.1) is 5.02 Å². The molecule has 0 amide bonds. The van der Waals surface area contributed by atoms with Gasteiger partial charge >= 0.3 is 0 Å². The first-order valence-corrected chi connectivity index (χ1v) is 8.32. The molecule has 3 nitrogen and oxygen atoms in total. The molecular weight excluding hydrogens is 336 g/mol. The van der Waals surface area contributed by atoms with Crippen LogP contribution >= 0.6 is 23.2 Å². The zero-order valence-corrected chi connectivity index (χ0v) is 13.1. The van der Waals surface area contributed by atoms with E-state index in [0.29, 0.717) is 10.6 Å². The van der Waals surface area contributed by atoms with Crippen molar-refractivity contribution in [3.63, 3.8) is 0 Å². The van der Waals surface area contributed by atoms with Crippen molar-refractivity contribution in [1.82, 2.24) is 4.72 Å². The van der Waals surface area contributed by atoms with Gasteiger partial charge < -0.3 is 0 Å². The first-order valence-electron chi connectivity index (χ1n) is 6.08. The van der Waals surface area contributed by atoms with Gasteiger partial charge in [-0.25, -0.2) is 17.5 Å². The van der Waals surface area contributed by atoms with Crippen LogP contribution in [0.5, 0.6) is 0 Å². The molecule has 112 valence electrons. The molecule has 0 aliphatic carbocycles. The summed E-state index contributed by atoms with van der Waals surface area (Å²) in [5.41, 5.74) is 0.447. The quantitative estimate of drug-likeness (QED) is 0.897. The number of nitrogens with one attached hydrogen (secondary N) is 1. The maximum atomic E-state index is 13.4. The molecule has 0 fully saturated rings. The second-order valence-electron chi connectivity index (χ2n) is 4.31. The lowest BCUT2D eigenvalue weighted by atomic mass is 10.1. The molecule has 7 heteroatoms. The number of halogens is 3. The number of sulfonamides is 1. The van der Waals surface area contributed by atoms with Crippen molar-refractivity contribution in [3.8, 4) is 0 Å². The summed E-state index contributed by atoms with van der Waals surface area (Å²) in [4.78, 5) is -0.0536. The number of rotatable bonds is 5. The van der Waals surface area contributed by atoms with Crippen LogP contribution in [-0.2, 0) is 16.4 Å². The van der Waals surface area contributed by atoms with Crippen LogP contribution in [0.2, 0.25) is 10.0 Å². The Bertz CT molecular complexity index is 750. The topological polar surface area (TPSA) is 46.2 Å². The molecule has 0 saturated carbocycles. The van der Waals surface area contributed by atoms with E-state index in [1.54, 1.807) is 18.2 Å². The van der Waals surface area contributed by atoms with Crippen molar-refractivity contribution >= 4 is 33.2 Å². The van der Waals surface area contributed by atoms with Gasteiger partial charge in [0.25, 0.3) is 0 Å². The summed E-state index contributed by atoms with van der Waals surface area (Å²) in [6, 6.07) is 10.3. The molecule has 2 aromatic carbocycles. The van der Waals surface area contributed by atoms with Crippen molar-refractivity contribution in [2.75, 3.05) is 6.54 Å². The summed E-state index contributed by atoms with van der Waals surface area (Å²) in [5.74, 6) is -0.360. The van der Waals surface area contributed by atoms with E-state index < -0.39 is 10.0 Å². The Morgan fingerprint density at radius 3 is 2.48 bits per heavy atom. The lowest BCUT2D eigenvalue weighted by molar-refractivity contribution is 0.577. The summed E-state index contributed by atoms with van der Waals surface area (Å²) in [7, 11) is -3.75. The summed E-state index contributed by atoms with van der Waals surface area (Å²) in [6.45, 7) is 0.0716. The third-order valence-corrected chi connectivity index (χ3v) is 5.01. The fraction of sp³-hybridized carbons (Fsp3) is 0.143. The smallest absolute Gasteiger partial charge is 0.211 e. The Morgan fingerprint density at radius 1 is 1.10 bits per heavy atom. The van der Waals surface area contributed by atoms with E-state index >= 15 is 0 Å². The van der Waals surface area contributed by atoms with Gasteiger partial charge in [0.15, 0.2) is 0 Å². The van der Waals surface area contributed by atoms with E-state index in [4.69, 9.17) is 23.2 Å². The third-order valence-electron chi connectivity index (χ3n) is 2.83. The zero-order chi connectivity index (χ0) is 15.5. The van der Waals surface area contributed by atoms with E-state index in [1.807, 2.05) is 0 Å². The highest BCUT2D eigenvalue weighted by molar-refractivity contribution is 7.89. The predicted octanol–water partition coefficient (Wildman–Crippen LogP) is 3.65. The van der Waals surface area contributed by atoms with Crippen LogP contribution in [0.1, 0.15) is 5.56 Å². The summed E-state index contributed by atoms with van der Waals surface area (Å²) >= 11 is 11.6. The number of benzene rings is 2. The van der Waals surface area contributed by atoms with Gasteiger partial charge in [0.1, 0.15) is 10.7 Å². The molecular formula is C14H12Cl2FNO2S. The monoisotopic (exact) mass is 347 g/mol. The molecule has 1 N–H and O–H groups in total. The van der Waals surface area contributed by atoms with Gasteiger partial charge in [-0.2, -0.15) is 0 Å². The van der Waals surface area contributed by atoms with Crippen LogP contribution < -0.4 is 4.72 Å². The molecule has 0 heterocycles. The van der Waals surface area contributed by atoms with Crippen LogP contribution in [0.25, 0.3) is 0 Å². The first kappa shape index (κ1) is 16.2. The van der Waals surface area contributed by atoms with Crippen LogP contribution in [0, 0.1) is 5.82 Å². The molecule has 0 atom stereocenters. The number of hydrogen-bond donors (Lipinski definition) is 1. The van der Waals surface area contributed by atoms with Crippen LogP contribution in [0.3, 0.4) is 0 Å². The SMILES string of the molecule is O=S(=O)(NCCc1ccccc1F)c1ccc(Cl)cc1Cl. The average Bonchev–Trinajstić information content (AvgIpc) is 2.40.